The van der Waals surface area contributed by atoms with Gasteiger partial charge in [-0.1, -0.05) is 56.2 Å². The molecule has 0 fully saturated rings. The minimum absolute atomic E-state index is 0.293. The summed E-state index contributed by atoms with van der Waals surface area (Å²) in [5.41, 5.74) is 0.459. The van der Waals surface area contributed by atoms with Crippen LogP contribution in [0.3, 0.4) is 0 Å². The molecule has 0 amide bonds. The van der Waals surface area contributed by atoms with Crippen molar-refractivity contribution in [2.24, 2.45) is 0 Å². The third kappa shape index (κ3) is 6.07. The standard InChI is InChI=1S/C21H26O3/c1-17(2)21(22)24-15-9-5-3-4-8-14-23-20-13-12-18-10-6-7-11-19(18)16-20/h6-7,10-13,16H,1,3-5,8-9,14-15H2,2H3. The number of fused-ring (bicyclic) bond motifs is 1. The Morgan fingerprint density at radius 2 is 1.58 bits per heavy atom. The van der Waals surface area contributed by atoms with E-state index in [2.05, 4.69) is 30.8 Å². The van der Waals surface area contributed by atoms with Gasteiger partial charge in [-0.3, -0.25) is 0 Å². The zero-order valence-corrected chi connectivity index (χ0v) is 14.4. The van der Waals surface area contributed by atoms with Gasteiger partial charge in [0, 0.05) is 5.57 Å². The number of benzene rings is 2. The monoisotopic (exact) mass is 326 g/mol. The molecule has 0 aliphatic heterocycles. The number of rotatable bonds is 10. The second-order valence-corrected chi connectivity index (χ2v) is 6.04. The zero-order valence-electron chi connectivity index (χ0n) is 14.4. The number of hydrogen-bond acceptors (Lipinski definition) is 3. The molecule has 24 heavy (non-hydrogen) atoms. The molecule has 0 N–H and O–H groups in total. The minimum atomic E-state index is -0.293. The molecule has 0 unspecified atom stereocenters. The molecule has 0 atom stereocenters. The molecule has 3 heteroatoms. The van der Waals surface area contributed by atoms with Gasteiger partial charge in [0.25, 0.3) is 0 Å². The van der Waals surface area contributed by atoms with Gasteiger partial charge in [0.1, 0.15) is 5.75 Å². The normalized spacial score (nSPS) is 10.5. The third-order valence-electron chi connectivity index (χ3n) is 3.86. The lowest BCUT2D eigenvalue weighted by Crippen LogP contribution is -2.06. The summed E-state index contributed by atoms with van der Waals surface area (Å²) in [5.74, 6) is 0.638. The molecule has 3 nitrogen and oxygen atoms in total. The van der Waals surface area contributed by atoms with Crippen molar-refractivity contribution in [3.63, 3.8) is 0 Å². The van der Waals surface area contributed by atoms with Crippen molar-refractivity contribution in [1.82, 2.24) is 0 Å². The highest BCUT2D eigenvalue weighted by Crippen LogP contribution is 2.20. The van der Waals surface area contributed by atoms with Crippen molar-refractivity contribution < 1.29 is 14.3 Å². The third-order valence-corrected chi connectivity index (χ3v) is 3.86. The maximum Gasteiger partial charge on any atom is 0.333 e. The zero-order chi connectivity index (χ0) is 17.2. The van der Waals surface area contributed by atoms with Gasteiger partial charge < -0.3 is 9.47 Å². The van der Waals surface area contributed by atoms with E-state index in [1.807, 2.05) is 18.2 Å². The lowest BCUT2D eigenvalue weighted by Gasteiger charge is -2.07. The molecule has 128 valence electrons. The molecule has 0 radical (unpaired) electrons. The Balaban J connectivity index is 1.53. The lowest BCUT2D eigenvalue weighted by molar-refractivity contribution is -0.139. The number of esters is 1. The van der Waals surface area contributed by atoms with Gasteiger partial charge in [-0.25, -0.2) is 4.79 Å². The highest BCUT2D eigenvalue weighted by molar-refractivity contribution is 5.86. The highest BCUT2D eigenvalue weighted by atomic mass is 16.5. The molecule has 0 heterocycles. The van der Waals surface area contributed by atoms with E-state index in [9.17, 15) is 4.79 Å². The van der Waals surface area contributed by atoms with Crippen LogP contribution in [-0.2, 0) is 9.53 Å². The van der Waals surface area contributed by atoms with Gasteiger partial charge in [-0.2, -0.15) is 0 Å². The van der Waals surface area contributed by atoms with Crippen LogP contribution in [0.25, 0.3) is 10.8 Å². The Bertz CT molecular complexity index is 676. The molecular weight excluding hydrogens is 300 g/mol. The fraction of sp³-hybridized carbons (Fsp3) is 0.381. The molecule has 0 bridgehead atoms. The summed E-state index contributed by atoms with van der Waals surface area (Å²) in [6, 6.07) is 14.5. The van der Waals surface area contributed by atoms with Crippen molar-refractivity contribution in [3.8, 4) is 5.75 Å². The number of carbonyl (C=O) groups excluding carboxylic acids is 1. The predicted molar refractivity (Wildman–Crippen MR) is 98.3 cm³/mol. The molecule has 0 aliphatic carbocycles. The average Bonchev–Trinajstić information content (AvgIpc) is 2.59. The summed E-state index contributed by atoms with van der Waals surface area (Å²) in [6.07, 6.45) is 5.27. The van der Waals surface area contributed by atoms with Crippen molar-refractivity contribution in [3.05, 3.63) is 54.6 Å². The van der Waals surface area contributed by atoms with Crippen LogP contribution < -0.4 is 4.74 Å². The van der Waals surface area contributed by atoms with Crippen LogP contribution in [0.4, 0.5) is 0 Å². The Morgan fingerprint density at radius 1 is 0.917 bits per heavy atom. The number of ether oxygens (including phenoxy) is 2. The number of carbonyl (C=O) groups is 1. The fourth-order valence-electron chi connectivity index (χ4n) is 2.47. The van der Waals surface area contributed by atoms with Crippen LogP contribution in [-0.4, -0.2) is 19.2 Å². The van der Waals surface area contributed by atoms with Gasteiger partial charge >= 0.3 is 5.97 Å². The van der Waals surface area contributed by atoms with Gasteiger partial charge in [-0.05, 0) is 42.7 Å². The first-order chi connectivity index (χ1) is 11.7. The second-order valence-electron chi connectivity index (χ2n) is 6.04. The molecule has 2 aromatic rings. The Morgan fingerprint density at radius 3 is 2.33 bits per heavy atom. The molecule has 2 aromatic carbocycles. The molecule has 2 rings (SSSR count). The topological polar surface area (TPSA) is 35.5 Å². The summed E-state index contributed by atoms with van der Waals surface area (Å²) >= 11 is 0. The molecule has 0 aromatic heterocycles. The van der Waals surface area contributed by atoms with Gasteiger partial charge in [-0.15, -0.1) is 0 Å². The Kier molecular flexibility index (Phi) is 7.34. The van der Waals surface area contributed by atoms with Gasteiger partial charge in [0.15, 0.2) is 0 Å². The largest absolute Gasteiger partial charge is 0.494 e. The molecule has 0 spiro atoms. The van der Waals surface area contributed by atoms with Crippen molar-refractivity contribution in [2.45, 2.75) is 39.0 Å². The van der Waals surface area contributed by atoms with E-state index in [-0.39, 0.29) is 5.97 Å². The second kappa shape index (κ2) is 9.76. The maximum absolute atomic E-state index is 11.2. The molecule has 0 saturated heterocycles. The van der Waals surface area contributed by atoms with Crippen LogP contribution in [0.2, 0.25) is 0 Å². The van der Waals surface area contributed by atoms with Crippen LogP contribution >= 0.6 is 0 Å². The van der Waals surface area contributed by atoms with E-state index in [1.165, 1.54) is 10.8 Å². The SMILES string of the molecule is C=C(C)C(=O)OCCCCCCCOc1ccc2ccccc2c1. The quantitative estimate of drug-likeness (QED) is 0.338. The smallest absolute Gasteiger partial charge is 0.333 e. The fourth-order valence-corrected chi connectivity index (χ4v) is 2.47. The Hall–Kier alpha value is -2.29. The molecule has 0 aliphatic rings. The van der Waals surface area contributed by atoms with Gasteiger partial charge in [0.2, 0.25) is 0 Å². The highest BCUT2D eigenvalue weighted by Gasteiger charge is 2.02. The van der Waals surface area contributed by atoms with Crippen LogP contribution in [0.15, 0.2) is 54.6 Å². The summed E-state index contributed by atoms with van der Waals surface area (Å²) in [6.45, 7) is 6.45. The first kappa shape index (κ1) is 18.1. The predicted octanol–water partition coefficient (Wildman–Crippen LogP) is 5.29. The molecule has 0 saturated carbocycles. The summed E-state index contributed by atoms with van der Waals surface area (Å²) in [4.78, 5) is 11.2. The van der Waals surface area contributed by atoms with E-state index in [1.54, 1.807) is 6.92 Å². The van der Waals surface area contributed by atoms with E-state index < -0.39 is 0 Å². The number of hydrogen-bond donors (Lipinski definition) is 0. The van der Waals surface area contributed by atoms with E-state index >= 15 is 0 Å². The van der Waals surface area contributed by atoms with E-state index in [0.717, 1.165) is 44.5 Å². The summed E-state index contributed by atoms with van der Waals surface area (Å²) in [7, 11) is 0. The maximum atomic E-state index is 11.2. The van der Waals surface area contributed by atoms with Crippen molar-refractivity contribution in [2.75, 3.05) is 13.2 Å². The first-order valence-electron chi connectivity index (χ1n) is 8.61. The first-order valence-corrected chi connectivity index (χ1v) is 8.61. The van der Waals surface area contributed by atoms with E-state index in [0.29, 0.717) is 12.2 Å². The van der Waals surface area contributed by atoms with Gasteiger partial charge in [0.05, 0.1) is 13.2 Å². The summed E-state index contributed by atoms with van der Waals surface area (Å²) in [5, 5.41) is 2.44. The van der Waals surface area contributed by atoms with Crippen LogP contribution in [0, 0.1) is 0 Å². The number of unbranched alkanes of at least 4 members (excludes halogenated alkanes) is 4. The van der Waals surface area contributed by atoms with Crippen LogP contribution in [0.5, 0.6) is 5.75 Å². The minimum Gasteiger partial charge on any atom is -0.494 e. The average molecular weight is 326 g/mol. The van der Waals surface area contributed by atoms with Crippen molar-refractivity contribution >= 4 is 16.7 Å². The van der Waals surface area contributed by atoms with Crippen LogP contribution in [0.1, 0.15) is 39.0 Å². The van der Waals surface area contributed by atoms with Crippen molar-refractivity contribution in [1.29, 1.82) is 0 Å². The lowest BCUT2D eigenvalue weighted by atomic mass is 10.1. The summed E-state index contributed by atoms with van der Waals surface area (Å²) < 4.78 is 10.9. The Labute approximate surface area is 144 Å². The van der Waals surface area contributed by atoms with E-state index in [4.69, 9.17) is 9.47 Å². The molecular formula is C21H26O3.